The van der Waals surface area contributed by atoms with Crippen LogP contribution in [0, 0.1) is 5.95 Å². The van der Waals surface area contributed by atoms with Crippen LogP contribution in [0.1, 0.15) is 36.0 Å². The van der Waals surface area contributed by atoms with Gasteiger partial charge in [-0.05, 0) is 53.4 Å². The molecule has 7 nitrogen and oxygen atoms in total. The highest BCUT2D eigenvalue weighted by Crippen LogP contribution is 2.40. The quantitative estimate of drug-likeness (QED) is 0.127. The maximum Gasteiger partial charge on any atom is 0.393 e. The van der Waals surface area contributed by atoms with Gasteiger partial charge in [-0.2, -0.15) is 17.6 Å². The lowest BCUT2D eigenvalue weighted by Crippen LogP contribution is -2.25. The van der Waals surface area contributed by atoms with E-state index in [2.05, 4.69) is 20.5 Å². The Morgan fingerprint density at radius 1 is 1.00 bits per heavy atom. The number of fused-ring (bicyclic) bond motifs is 1. The molecule has 2 heterocycles. The van der Waals surface area contributed by atoms with E-state index in [9.17, 15) is 22.4 Å². The topological polar surface area (TPSA) is 83.1 Å². The number of halogens is 4. The fourth-order valence-corrected chi connectivity index (χ4v) is 4.38. The van der Waals surface area contributed by atoms with Crippen LogP contribution in [-0.2, 0) is 4.79 Å². The number of nitrogens with zero attached hydrogens (tertiary/aromatic N) is 3. The van der Waals surface area contributed by atoms with Crippen LogP contribution in [0.2, 0.25) is 0 Å². The highest BCUT2D eigenvalue weighted by atomic mass is 19.4. The van der Waals surface area contributed by atoms with E-state index in [1.807, 2.05) is 0 Å². The smallest absolute Gasteiger partial charge is 0.393 e. The van der Waals surface area contributed by atoms with Gasteiger partial charge in [0.15, 0.2) is 0 Å². The first kappa shape index (κ1) is 29.7. The van der Waals surface area contributed by atoms with Gasteiger partial charge in [-0.25, -0.2) is 4.98 Å². The van der Waals surface area contributed by atoms with Gasteiger partial charge in [-0.1, -0.05) is 36.4 Å². The number of amides is 1. The number of carbonyl (C=O) groups is 1. The van der Waals surface area contributed by atoms with Crippen LogP contribution in [-0.4, -0.2) is 66.0 Å². The third-order valence-corrected chi connectivity index (χ3v) is 6.40. The number of aromatic amines is 1. The minimum absolute atomic E-state index is 0.0359. The van der Waals surface area contributed by atoms with Crippen molar-refractivity contribution in [2.75, 3.05) is 33.8 Å². The lowest BCUT2D eigenvalue weighted by Gasteiger charge is -2.19. The van der Waals surface area contributed by atoms with Crippen molar-refractivity contribution in [3.8, 4) is 5.88 Å². The molecule has 0 saturated heterocycles. The number of nitrogens with one attached hydrogen (secondary N) is 2. The molecule has 0 aliphatic heterocycles. The average Bonchev–Trinajstić information content (AvgIpc) is 3.32. The number of alkyl halides is 3. The molecule has 2 aromatic carbocycles. The number of allylic oxidation sites excluding steroid dienone is 1. The van der Waals surface area contributed by atoms with E-state index < -0.39 is 18.5 Å². The zero-order valence-corrected chi connectivity index (χ0v) is 22.8. The highest BCUT2D eigenvalue weighted by Gasteiger charge is 2.31. The van der Waals surface area contributed by atoms with E-state index in [0.29, 0.717) is 60.6 Å². The zero-order valence-electron chi connectivity index (χ0n) is 22.8. The summed E-state index contributed by atoms with van der Waals surface area (Å²) >= 11 is 0. The van der Waals surface area contributed by atoms with Crippen molar-refractivity contribution in [1.82, 2.24) is 25.4 Å². The number of benzene rings is 2. The SMILES string of the molecule is CN(C)C(=O)CCCNCCOc1ccc(C(=C(CC(F)(F)F)c2ccccc2)c2ccc3[nH]nc(F)c3c2)cn1. The van der Waals surface area contributed by atoms with Crippen molar-refractivity contribution in [2.45, 2.75) is 25.4 Å². The largest absolute Gasteiger partial charge is 0.476 e. The Bertz CT molecular complexity index is 1480. The Kier molecular flexibility index (Phi) is 9.72. The summed E-state index contributed by atoms with van der Waals surface area (Å²) in [6, 6.07) is 16.3. The molecule has 0 spiro atoms. The summed E-state index contributed by atoms with van der Waals surface area (Å²) in [4.78, 5) is 17.5. The normalized spacial score (nSPS) is 12.3. The Hall–Kier alpha value is -4.25. The van der Waals surface area contributed by atoms with Gasteiger partial charge >= 0.3 is 6.18 Å². The molecular weight excluding hydrogens is 538 g/mol. The number of carbonyl (C=O) groups excluding carboxylic acids is 1. The Morgan fingerprint density at radius 3 is 2.44 bits per heavy atom. The summed E-state index contributed by atoms with van der Waals surface area (Å²) in [5.41, 5.74) is 1.97. The number of hydrogen-bond acceptors (Lipinski definition) is 5. The van der Waals surface area contributed by atoms with Gasteiger partial charge in [0.1, 0.15) is 6.61 Å². The van der Waals surface area contributed by atoms with Crippen LogP contribution in [0.15, 0.2) is 66.9 Å². The fraction of sp³-hybridized carbons (Fsp3) is 0.300. The zero-order chi connectivity index (χ0) is 29.4. The monoisotopic (exact) mass is 569 g/mol. The van der Waals surface area contributed by atoms with Crippen molar-refractivity contribution in [3.63, 3.8) is 0 Å². The third-order valence-electron chi connectivity index (χ3n) is 6.40. The molecule has 0 fully saturated rings. The molecule has 0 saturated carbocycles. The summed E-state index contributed by atoms with van der Waals surface area (Å²) in [5, 5.41) is 9.51. The average molecular weight is 570 g/mol. The first-order valence-electron chi connectivity index (χ1n) is 13.1. The molecule has 2 N–H and O–H groups in total. The van der Waals surface area contributed by atoms with Crippen molar-refractivity contribution >= 4 is 28.0 Å². The molecule has 0 bridgehead atoms. The molecule has 216 valence electrons. The van der Waals surface area contributed by atoms with Crippen molar-refractivity contribution in [1.29, 1.82) is 0 Å². The molecule has 0 atom stereocenters. The third kappa shape index (κ3) is 8.14. The second kappa shape index (κ2) is 13.4. The van der Waals surface area contributed by atoms with Crippen molar-refractivity contribution in [2.24, 2.45) is 0 Å². The minimum Gasteiger partial charge on any atom is -0.476 e. The Labute approximate surface area is 235 Å². The van der Waals surface area contributed by atoms with Gasteiger partial charge in [0.25, 0.3) is 0 Å². The summed E-state index contributed by atoms with van der Waals surface area (Å²) in [7, 11) is 3.44. The van der Waals surface area contributed by atoms with Crippen LogP contribution in [0.4, 0.5) is 17.6 Å². The number of aromatic nitrogens is 3. The number of ether oxygens (including phenoxy) is 1. The van der Waals surface area contributed by atoms with Crippen LogP contribution in [0.25, 0.3) is 22.0 Å². The van der Waals surface area contributed by atoms with E-state index in [-0.39, 0.29) is 22.4 Å². The van der Waals surface area contributed by atoms with Crippen molar-refractivity contribution < 1.29 is 27.1 Å². The molecule has 4 aromatic rings. The molecular formula is C30H31F4N5O2. The van der Waals surface area contributed by atoms with Gasteiger partial charge in [-0.15, -0.1) is 5.10 Å². The van der Waals surface area contributed by atoms with Crippen LogP contribution < -0.4 is 10.1 Å². The first-order valence-corrected chi connectivity index (χ1v) is 13.1. The molecule has 0 aliphatic carbocycles. The Morgan fingerprint density at radius 2 is 1.76 bits per heavy atom. The lowest BCUT2D eigenvalue weighted by atomic mass is 9.88. The molecule has 4 rings (SSSR count). The Balaban J connectivity index is 1.58. The molecule has 0 aliphatic rings. The fourth-order valence-electron chi connectivity index (χ4n) is 4.38. The predicted molar refractivity (Wildman–Crippen MR) is 150 cm³/mol. The van der Waals surface area contributed by atoms with Crippen LogP contribution in [0.3, 0.4) is 0 Å². The van der Waals surface area contributed by atoms with Gasteiger partial charge < -0.3 is 15.0 Å². The molecule has 41 heavy (non-hydrogen) atoms. The summed E-state index contributed by atoms with van der Waals surface area (Å²) in [6.07, 6.45) is -3.07. The molecule has 0 unspecified atom stereocenters. The standard InChI is InChI=1S/C30H31F4N5O2/c1-39(2)27(40)9-6-14-35-15-16-41-26-13-11-22(19-36-26)28(21-10-12-25-23(17-21)29(31)38-37-25)24(18-30(32,33)34)20-7-4-3-5-8-20/h3-5,7-8,10-13,17,19,35H,6,9,14-16,18H2,1-2H3,(H,37,38). The van der Waals surface area contributed by atoms with Crippen LogP contribution >= 0.6 is 0 Å². The van der Waals surface area contributed by atoms with Gasteiger partial charge in [0.2, 0.25) is 17.7 Å². The molecule has 11 heteroatoms. The van der Waals surface area contributed by atoms with Gasteiger partial charge in [0.05, 0.1) is 17.3 Å². The maximum atomic E-state index is 14.3. The molecule has 0 radical (unpaired) electrons. The number of pyridine rings is 1. The first-order chi connectivity index (χ1) is 19.6. The molecule has 2 aromatic heterocycles. The molecule has 1 amide bonds. The summed E-state index contributed by atoms with van der Waals surface area (Å²) in [6.45, 7) is 1.51. The number of rotatable bonds is 12. The van der Waals surface area contributed by atoms with E-state index in [1.165, 1.54) is 12.3 Å². The second-order valence-corrected chi connectivity index (χ2v) is 9.66. The highest BCUT2D eigenvalue weighted by molar-refractivity contribution is 6.00. The van der Waals surface area contributed by atoms with E-state index in [1.54, 1.807) is 73.6 Å². The predicted octanol–water partition coefficient (Wildman–Crippen LogP) is 5.85. The van der Waals surface area contributed by atoms with Gasteiger partial charge in [-0.3, -0.25) is 9.89 Å². The van der Waals surface area contributed by atoms with Gasteiger partial charge in [0, 0.05) is 44.9 Å². The van der Waals surface area contributed by atoms with E-state index >= 15 is 0 Å². The maximum absolute atomic E-state index is 14.3. The van der Waals surface area contributed by atoms with E-state index in [4.69, 9.17) is 4.74 Å². The van der Waals surface area contributed by atoms with E-state index in [0.717, 1.165) is 0 Å². The minimum atomic E-state index is -4.50. The second-order valence-electron chi connectivity index (χ2n) is 9.66. The lowest BCUT2D eigenvalue weighted by molar-refractivity contribution is -0.128. The van der Waals surface area contributed by atoms with Crippen LogP contribution in [0.5, 0.6) is 5.88 Å². The van der Waals surface area contributed by atoms with Crippen molar-refractivity contribution in [3.05, 3.63) is 89.5 Å². The summed E-state index contributed by atoms with van der Waals surface area (Å²) in [5.74, 6) is -0.356. The summed E-state index contributed by atoms with van der Waals surface area (Å²) < 4.78 is 61.6. The number of hydrogen-bond donors (Lipinski definition) is 2. The number of H-pyrrole nitrogens is 1.